The lowest BCUT2D eigenvalue weighted by Crippen LogP contribution is -2.13. The standard InChI is InChI=1S/C14H28O.C6H6/c1-3-4-8-13(2)15-12-11-14-9-6-5-7-10-14;1-2-4-6-5-3-1/h13-14H,3-12H2,1-2H3;1-6H. The molecule has 1 aromatic carbocycles. The number of rotatable bonds is 7. The van der Waals surface area contributed by atoms with E-state index < -0.39 is 0 Å². The molecule has 0 aromatic heterocycles. The molecule has 1 aliphatic rings. The molecule has 21 heavy (non-hydrogen) atoms. The first-order valence-electron chi connectivity index (χ1n) is 8.94. The van der Waals surface area contributed by atoms with Crippen molar-refractivity contribution in [2.45, 2.75) is 77.7 Å². The van der Waals surface area contributed by atoms with Crippen LogP contribution >= 0.6 is 0 Å². The van der Waals surface area contributed by atoms with Gasteiger partial charge in [0.15, 0.2) is 0 Å². The maximum Gasteiger partial charge on any atom is 0.0547 e. The van der Waals surface area contributed by atoms with Crippen LogP contribution in [0, 0.1) is 5.92 Å². The van der Waals surface area contributed by atoms with Gasteiger partial charge in [0.1, 0.15) is 0 Å². The zero-order valence-corrected chi connectivity index (χ0v) is 14.1. The van der Waals surface area contributed by atoms with E-state index >= 15 is 0 Å². The molecule has 1 atom stereocenters. The quantitative estimate of drug-likeness (QED) is 0.577. The van der Waals surface area contributed by atoms with Gasteiger partial charge in [0.05, 0.1) is 6.10 Å². The molecule has 0 aliphatic heterocycles. The number of benzene rings is 1. The largest absolute Gasteiger partial charge is 0.378 e. The summed E-state index contributed by atoms with van der Waals surface area (Å²) >= 11 is 0. The first-order valence-corrected chi connectivity index (χ1v) is 8.94. The van der Waals surface area contributed by atoms with E-state index in [1.54, 1.807) is 0 Å². The molecular weight excluding hydrogens is 256 g/mol. The van der Waals surface area contributed by atoms with Crippen molar-refractivity contribution in [1.82, 2.24) is 0 Å². The second-order valence-electron chi connectivity index (χ2n) is 6.27. The van der Waals surface area contributed by atoms with E-state index in [9.17, 15) is 0 Å². The van der Waals surface area contributed by atoms with Gasteiger partial charge in [-0.1, -0.05) is 88.3 Å². The predicted molar refractivity (Wildman–Crippen MR) is 92.6 cm³/mol. The molecule has 1 saturated carbocycles. The van der Waals surface area contributed by atoms with E-state index in [2.05, 4.69) is 13.8 Å². The first-order chi connectivity index (χ1) is 10.3. The van der Waals surface area contributed by atoms with Crippen LogP contribution in [0.2, 0.25) is 0 Å². The molecule has 1 heteroatoms. The van der Waals surface area contributed by atoms with Crippen LogP contribution < -0.4 is 0 Å². The van der Waals surface area contributed by atoms with E-state index in [-0.39, 0.29) is 0 Å². The highest BCUT2D eigenvalue weighted by molar-refractivity contribution is 4.99. The Balaban J connectivity index is 0.000000304. The highest BCUT2D eigenvalue weighted by atomic mass is 16.5. The van der Waals surface area contributed by atoms with Crippen molar-refractivity contribution in [2.24, 2.45) is 5.92 Å². The zero-order chi connectivity index (χ0) is 15.2. The fourth-order valence-corrected chi connectivity index (χ4v) is 2.87. The van der Waals surface area contributed by atoms with E-state index in [4.69, 9.17) is 4.74 Å². The van der Waals surface area contributed by atoms with Gasteiger partial charge in [0, 0.05) is 6.61 Å². The molecule has 2 rings (SSSR count). The lowest BCUT2D eigenvalue weighted by atomic mass is 9.87. The van der Waals surface area contributed by atoms with Crippen molar-refractivity contribution >= 4 is 0 Å². The molecule has 1 unspecified atom stereocenters. The third kappa shape index (κ3) is 10.5. The van der Waals surface area contributed by atoms with Gasteiger partial charge in [-0.15, -0.1) is 0 Å². The van der Waals surface area contributed by atoms with E-state index in [1.165, 1.54) is 57.8 Å². The Morgan fingerprint density at radius 2 is 1.52 bits per heavy atom. The molecular formula is C20H34O. The minimum absolute atomic E-state index is 0.480. The first kappa shape index (κ1) is 18.2. The minimum Gasteiger partial charge on any atom is -0.378 e. The van der Waals surface area contributed by atoms with Gasteiger partial charge >= 0.3 is 0 Å². The second kappa shape index (κ2) is 12.9. The van der Waals surface area contributed by atoms with Crippen LogP contribution in [0.3, 0.4) is 0 Å². The van der Waals surface area contributed by atoms with Gasteiger partial charge in [-0.2, -0.15) is 0 Å². The summed E-state index contributed by atoms with van der Waals surface area (Å²) in [6, 6.07) is 12.0. The lowest BCUT2D eigenvalue weighted by molar-refractivity contribution is 0.0468. The molecule has 120 valence electrons. The van der Waals surface area contributed by atoms with Crippen LogP contribution in [0.1, 0.15) is 71.6 Å². The van der Waals surface area contributed by atoms with Crippen LogP contribution in [-0.4, -0.2) is 12.7 Å². The molecule has 0 bridgehead atoms. The van der Waals surface area contributed by atoms with Crippen molar-refractivity contribution in [1.29, 1.82) is 0 Å². The highest BCUT2D eigenvalue weighted by Crippen LogP contribution is 2.26. The highest BCUT2D eigenvalue weighted by Gasteiger charge is 2.13. The Morgan fingerprint density at radius 1 is 0.952 bits per heavy atom. The summed E-state index contributed by atoms with van der Waals surface area (Å²) in [4.78, 5) is 0. The Morgan fingerprint density at radius 3 is 2.05 bits per heavy atom. The minimum atomic E-state index is 0.480. The maximum atomic E-state index is 5.85. The average molecular weight is 290 g/mol. The molecule has 0 heterocycles. The Hall–Kier alpha value is -0.820. The van der Waals surface area contributed by atoms with Crippen LogP contribution in [0.4, 0.5) is 0 Å². The Bertz CT molecular complexity index is 276. The van der Waals surface area contributed by atoms with Gasteiger partial charge in [0.2, 0.25) is 0 Å². The SMILES string of the molecule is CCCCC(C)OCCC1CCCCC1.c1ccccc1. The summed E-state index contributed by atoms with van der Waals surface area (Å²) in [6.07, 6.45) is 12.9. The van der Waals surface area contributed by atoms with Crippen LogP contribution in [0.25, 0.3) is 0 Å². The normalized spacial score (nSPS) is 16.9. The van der Waals surface area contributed by atoms with Crippen LogP contribution in [0.5, 0.6) is 0 Å². The van der Waals surface area contributed by atoms with Gasteiger partial charge in [0.25, 0.3) is 0 Å². The molecule has 1 fully saturated rings. The van der Waals surface area contributed by atoms with Crippen molar-refractivity contribution in [2.75, 3.05) is 6.61 Å². The number of hydrogen-bond acceptors (Lipinski definition) is 1. The fraction of sp³-hybridized carbons (Fsp3) is 0.700. The predicted octanol–water partition coefficient (Wildman–Crippen LogP) is 6.24. The monoisotopic (exact) mass is 290 g/mol. The molecule has 1 aromatic rings. The molecule has 1 aliphatic carbocycles. The summed E-state index contributed by atoms with van der Waals surface area (Å²) in [5, 5.41) is 0. The molecule has 0 radical (unpaired) electrons. The summed E-state index contributed by atoms with van der Waals surface area (Å²) in [7, 11) is 0. The zero-order valence-electron chi connectivity index (χ0n) is 14.1. The summed E-state index contributed by atoms with van der Waals surface area (Å²) in [6.45, 7) is 5.46. The van der Waals surface area contributed by atoms with Gasteiger partial charge in [-0.3, -0.25) is 0 Å². The van der Waals surface area contributed by atoms with Crippen LogP contribution in [0.15, 0.2) is 36.4 Å². The molecule has 0 saturated heterocycles. The fourth-order valence-electron chi connectivity index (χ4n) is 2.87. The van der Waals surface area contributed by atoms with Crippen molar-refractivity contribution < 1.29 is 4.74 Å². The average Bonchev–Trinajstić information content (AvgIpc) is 2.56. The van der Waals surface area contributed by atoms with Gasteiger partial charge < -0.3 is 4.74 Å². The smallest absolute Gasteiger partial charge is 0.0547 e. The number of ether oxygens (including phenoxy) is 1. The Kier molecular flexibility index (Phi) is 11.2. The molecule has 1 nitrogen and oxygen atoms in total. The van der Waals surface area contributed by atoms with Crippen molar-refractivity contribution in [3.8, 4) is 0 Å². The second-order valence-corrected chi connectivity index (χ2v) is 6.27. The summed E-state index contributed by atoms with van der Waals surface area (Å²) in [5.41, 5.74) is 0. The summed E-state index contributed by atoms with van der Waals surface area (Å²) in [5.74, 6) is 0.970. The molecule has 0 amide bonds. The van der Waals surface area contributed by atoms with Crippen LogP contribution in [-0.2, 0) is 4.74 Å². The van der Waals surface area contributed by atoms with E-state index in [1.807, 2.05) is 36.4 Å². The maximum absolute atomic E-state index is 5.85. The Labute approximate surface area is 132 Å². The van der Waals surface area contributed by atoms with Crippen molar-refractivity contribution in [3.05, 3.63) is 36.4 Å². The van der Waals surface area contributed by atoms with Gasteiger partial charge in [-0.05, 0) is 25.7 Å². The lowest BCUT2D eigenvalue weighted by Gasteiger charge is -2.22. The number of hydrogen-bond donors (Lipinski definition) is 0. The van der Waals surface area contributed by atoms with Gasteiger partial charge in [-0.25, -0.2) is 0 Å². The van der Waals surface area contributed by atoms with Crippen molar-refractivity contribution in [3.63, 3.8) is 0 Å². The molecule has 0 N–H and O–H groups in total. The third-order valence-corrected chi connectivity index (χ3v) is 4.28. The molecule has 0 spiro atoms. The summed E-state index contributed by atoms with van der Waals surface area (Å²) < 4.78 is 5.85. The van der Waals surface area contributed by atoms with E-state index in [0.29, 0.717) is 6.10 Å². The third-order valence-electron chi connectivity index (χ3n) is 4.28. The number of unbranched alkanes of at least 4 members (excludes halogenated alkanes) is 1. The topological polar surface area (TPSA) is 9.23 Å². The van der Waals surface area contributed by atoms with E-state index in [0.717, 1.165) is 12.5 Å².